The molecule has 0 saturated heterocycles. The molecule has 0 radical (unpaired) electrons. The quantitative estimate of drug-likeness (QED) is 0.733. The first-order valence-electron chi connectivity index (χ1n) is 5.46. The molecule has 0 aliphatic heterocycles. The molecule has 2 aromatic heterocycles. The van der Waals surface area contributed by atoms with E-state index >= 15 is 0 Å². The van der Waals surface area contributed by atoms with Gasteiger partial charge in [0.2, 0.25) is 11.6 Å². The van der Waals surface area contributed by atoms with Crippen LogP contribution in [0.5, 0.6) is 0 Å². The Kier molecular flexibility index (Phi) is 2.61. The standard InChI is InChI=1S/C12H16N4O/c1-7-8(2)10(16(5)9(7)3)11(17)12-13-6-15(4)14-12/h6H,1-5H3. The van der Waals surface area contributed by atoms with E-state index < -0.39 is 0 Å². The smallest absolute Gasteiger partial charge is 0.248 e. The van der Waals surface area contributed by atoms with Gasteiger partial charge in [-0.05, 0) is 31.9 Å². The summed E-state index contributed by atoms with van der Waals surface area (Å²) < 4.78 is 3.44. The van der Waals surface area contributed by atoms with Crippen LogP contribution < -0.4 is 0 Å². The first-order valence-corrected chi connectivity index (χ1v) is 5.46. The van der Waals surface area contributed by atoms with Crippen molar-refractivity contribution in [2.45, 2.75) is 20.8 Å². The molecule has 0 fully saturated rings. The largest absolute Gasteiger partial charge is 0.345 e. The van der Waals surface area contributed by atoms with Crippen LogP contribution in [0.4, 0.5) is 0 Å². The number of nitrogens with zero attached hydrogens (tertiary/aromatic N) is 4. The zero-order valence-electron chi connectivity index (χ0n) is 10.8. The Morgan fingerprint density at radius 2 is 1.82 bits per heavy atom. The van der Waals surface area contributed by atoms with Gasteiger partial charge in [-0.15, -0.1) is 5.10 Å². The van der Waals surface area contributed by atoms with E-state index in [0.717, 1.165) is 16.8 Å². The van der Waals surface area contributed by atoms with Crippen LogP contribution in [0.15, 0.2) is 6.33 Å². The fourth-order valence-electron chi connectivity index (χ4n) is 1.99. The van der Waals surface area contributed by atoms with Crippen molar-refractivity contribution < 1.29 is 4.79 Å². The molecular formula is C12H16N4O. The maximum Gasteiger partial charge on any atom is 0.248 e. The van der Waals surface area contributed by atoms with E-state index in [0.29, 0.717) is 5.69 Å². The molecule has 0 amide bonds. The molecular weight excluding hydrogens is 216 g/mol. The molecule has 0 bridgehead atoms. The van der Waals surface area contributed by atoms with Crippen LogP contribution in [0, 0.1) is 20.8 Å². The van der Waals surface area contributed by atoms with E-state index in [1.165, 1.54) is 11.0 Å². The van der Waals surface area contributed by atoms with E-state index in [-0.39, 0.29) is 11.6 Å². The second kappa shape index (κ2) is 3.84. The maximum atomic E-state index is 12.3. The fraction of sp³-hybridized carbons (Fsp3) is 0.417. The van der Waals surface area contributed by atoms with Crippen molar-refractivity contribution in [2.24, 2.45) is 14.1 Å². The Bertz CT molecular complexity index is 566. The first kappa shape index (κ1) is 11.6. The molecule has 0 N–H and O–H groups in total. The van der Waals surface area contributed by atoms with E-state index in [9.17, 15) is 4.79 Å². The third-order valence-corrected chi connectivity index (χ3v) is 3.32. The fourth-order valence-corrected chi connectivity index (χ4v) is 1.99. The minimum atomic E-state index is -0.123. The number of carbonyl (C=O) groups is 1. The average molecular weight is 232 g/mol. The van der Waals surface area contributed by atoms with Gasteiger partial charge in [0, 0.05) is 19.8 Å². The molecule has 0 atom stereocenters. The maximum absolute atomic E-state index is 12.3. The summed E-state index contributed by atoms with van der Waals surface area (Å²) in [5, 5.41) is 4.05. The molecule has 2 aromatic rings. The second-order valence-electron chi connectivity index (χ2n) is 4.31. The molecule has 0 spiro atoms. The third kappa shape index (κ3) is 1.67. The number of aromatic nitrogens is 4. The molecule has 0 aromatic carbocycles. The summed E-state index contributed by atoms with van der Waals surface area (Å²) in [4.78, 5) is 16.3. The Balaban J connectivity index is 2.55. The average Bonchev–Trinajstić information content (AvgIpc) is 2.79. The summed E-state index contributed by atoms with van der Waals surface area (Å²) >= 11 is 0. The lowest BCUT2D eigenvalue weighted by atomic mass is 10.1. The molecule has 0 aliphatic rings. The molecule has 5 heteroatoms. The van der Waals surface area contributed by atoms with Crippen LogP contribution >= 0.6 is 0 Å². The Morgan fingerprint density at radius 3 is 2.24 bits per heavy atom. The van der Waals surface area contributed by atoms with Gasteiger partial charge in [0.05, 0.1) is 5.69 Å². The van der Waals surface area contributed by atoms with Crippen molar-refractivity contribution in [2.75, 3.05) is 0 Å². The highest BCUT2D eigenvalue weighted by atomic mass is 16.1. The molecule has 2 heterocycles. The molecule has 0 saturated carbocycles. The summed E-state index contributed by atoms with van der Waals surface area (Å²) in [6.45, 7) is 5.98. The molecule has 2 rings (SSSR count). The van der Waals surface area contributed by atoms with E-state index in [1.54, 1.807) is 7.05 Å². The first-order chi connectivity index (χ1) is 7.93. The van der Waals surface area contributed by atoms with Crippen LogP contribution in [-0.2, 0) is 14.1 Å². The van der Waals surface area contributed by atoms with Crippen LogP contribution in [0.3, 0.4) is 0 Å². The number of hydrogen-bond donors (Lipinski definition) is 0. The number of rotatable bonds is 2. The van der Waals surface area contributed by atoms with Crippen molar-refractivity contribution in [3.05, 3.63) is 34.7 Å². The molecule has 0 unspecified atom stereocenters. The number of carbonyl (C=O) groups excluding carboxylic acids is 1. The van der Waals surface area contributed by atoms with Gasteiger partial charge in [-0.1, -0.05) is 0 Å². The zero-order valence-corrected chi connectivity index (χ0v) is 10.8. The van der Waals surface area contributed by atoms with Crippen molar-refractivity contribution in [1.82, 2.24) is 19.3 Å². The van der Waals surface area contributed by atoms with Gasteiger partial charge >= 0.3 is 0 Å². The highest BCUT2D eigenvalue weighted by molar-refractivity contribution is 6.06. The minimum absolute atomic E-state index is 0.123. The van der Waals surface area contributed by atoms with E-state index in [1.807, 2.05) is 32.4 Å². The Hall–Kier alpha value is -1.91. The summed E-state index contributed by atoms with van der Waals surface area (Å²) in [6, 6.07) is 0. The molecule has 90 valence electrons. The van der Waals surface area contributed by atoms with Gasteiger partial charge < -0.3 is 4.57 Å². The van der Waals surface area contributed by atoms with Gasteiger partial charge in [-0.2, -0.15) is 0 Å². The Labute approximate surface area is 100 Å². The lowest BCUT2D eigenvalue weighted by Crippen LogP contribution is -2.11. The summed E-state index contributed by atoms with van der Waals surface area (Å²) in [6.07, 6.45) is 1.53. The van der Waals surface area contributed by atoms with Crippen molar-refractivity contribution >= 4 is 5.78 Å². The van der Waals surface area contributed by atoms with Crippen molar-refractivity contribution in [1.29, 1.82) is 0 Å². The van der Waals surface area contributed by atoms with Crippen LogP contribution in [0.1, 0.15) is 33.1 Å². The third-order valence-electron chi connectivity index (χ3n) is 3.32. The van der Waals surface area contributed by atoms with Gasteiger partial charge in [-0.25, -0.2) is 4.98 Å². The summed E-state index contributed by atoms with van der Waals surface area (Å²) in [7, 11) is 3.64. The molecule has 17 heavy (non-hydrogen) atoms. The normalized spacial score (nSPS) is 10.9. The SMILES string of the molecule is Cc1c(C)c(C(=O)c2ncn(C)n2)n(C)c1C. The van der Waals surface area contributed by atoms with Gasteiger partial charge in [-0.3, -0.25) is 9.48 Å². The van der Waals surface area contributed by atoms with Crippen LogP contribution in [0.2, 0.25) is 0 Å². The molecule has 5 nitrogen and oxygen atoms in total. The number of aryl methyl sites for hydroxylation is 1. The lowest BCUT2D eigenvalue weighted by molar-refractivity contribution is 0.102. The Morgan fingerprint density at radius 1 is 1.18 bits per heavy atom. The predicted molar refractivity (Wildman–Crippen MR) is 64.1 cm³/mol. The highest BCUT2D eigenvalue weighted by Gasteiger charge is 2.22. The van der Waals surface area contributed by atoms with E-state index in [2.05, 4.69) is 10.1 Å². The van der Waals surface area contributed by atoms with Crippen LogP contribution in [0.25, 0.3) is 0 Å². The van der Waals surface area contributed by atoms with Gasteiger partial charge in [0.1, 0.15) is 6.33 Å². The number of ketones is 1. The van der Waals surface area contributed by atoms with E-state index in [4.69, 9.17) is 0 Å². The second-order valence-corrected chi connectivity index (χ2v) is 4.31. The highest BCUT2D eigenvalue weighted by Crippen LogP contribution is 2.21. The van der Waals surface area contributed by atoms with Gasteiger partial charge in [0.25, 0.3) is 0 Å². The minimum Gasteiger partial charge on any atom is -0.345 e. The van der Waals surface area contributed by atoms with Crippen molar-refractivity contribution in [3.8, 4) is 0 Å². The molecule has 0 aliphatic carbocycles. The monoisotopic (exact) mass is 232 g/mol. The van der Waals surface area contributed by atoms with Crippen molar-refractivity contribution in [3.63, 3.8) is 0 Å². The topological polar surface area (TPSA) is 52.7 Å². The summed E-state index contributed by atoms with van der Waals surface area (Å²) in [5.41, 5.74) is 3.92. The zero-order chi connectivity index (χ0) is 12.7. The predicted octanol–water partition coefficient (Wildman–Crippen LogP) is 1.31. The van der Waals surface area contributed by atoms with Gasteiger partial charge in [0.15, 0.2) is 0 Å². The summed E-state index contributed by atoms with van der Waals surface area (Å²) in [5.74, 6) is 0.123. The van der Waals surface area contributed by atoms with Crippen LogP contribution in [-0.4, -0.2) is 25.1 Å². The number of hydrogen-bond acceptors (Lipinski definition) is 3. The lowest BCUT2D eigenvalue weighted by Gasteiger charge is -2.02.